The molecule has 2 amide bonds. The number of halogens is 2. The van der Waals surface area contributed by atoms with Gasteiger partial charge in [-0.1, -0.05) is 6.07 Å². The molecule has 6 nitrogen and oxygen atoms in total. The second-order valence-corrected chi connectivity index (χ2v) is 5.05. The van der Waals surface area contributed by atoms with Gasteiger partial charge in [0.25, 0.3) is 0 Å². The minimum absolute atomic E-state index is 0. The molecule has 8 heteroatoms. The number of benzene rings is 1. The van der Waals surface area contributed by atoms with E-state index in [9.17, 15) is 4.79 Å². The van der Waals surface area contributed by atoms with E-state index in [0.717, 1.165) is 25.2 Å². The lowest BCUT2D eigenvalue weighted by Gasteiger charge is -2.18. The predicted molar refractivity (Wildman–Crippen MR) is 99.8 cm³/mol. The summed E-state index contributed by atoms with van der Waals surface area (Å²) in [4.78, 5) is 16.1. The molecule has 0 spiro atoms. The highest BCUT2D eigenvalue weighted by molar-refractivity contribution is 6.00. The van der Waals surface area contributed by atoms with Crippen LogP contribution < -0.4 is 20.7 Å². The maximum atomic E-state index is 12.1. The van der Waals surface area contributed by atoms with Crippen LogP contribution >= 0.6 is 24.8 Å². The number of methoxy groups -OCH3 is 1. The summed E-state index contributed by atoms with van der Waals surface area (Å²) in [6.07, 6.45) is 2.59. The monoisotopic (exact) mass is 370 g/mol. The first-order valence-electron chi connectivity index (χ1n) is 7.16. The van der Waals surface area contributed by atoms with Gasteiger partial charge < -0.3 is 20.7 Å². The number of anilines is 2. The SMILES string of the molecule is COc1ncccc1NC(=O)Nc1ccc2c(c1)CCNC2.Cl.Cl. The van der Waals surface area contributed by atoms with Crippen LogP contribution in [0.25, 0.3) is 0 Å². The van der Waals surface area contributed by atoms with Crippen LogP contribution in [0.3, 0.4) is 0 Å². The predicted octanol–water partition coefficient (Wildman–Crippen LogP) is 3.22. The van der Waals surface area contributed by atoms with Crippen LogP contribution in [-0.4, -0.2) is 24.7 Å². The van der Waals surface area contributed by atoms with Crippen molar-refractivity contribution in [3.63, 3.8) is 0 Å². The van der Waals surface area contributed by atoms with Crippen LogP contribution in [0.1, 0.15) is 11.1 Å². The molecule has 0 bridgehead atoms. The highest BCUT2D eigenvalue weighted by atomic mass is 35.5. The number of aromatic nitrogens is 1. The third kappa shape index (κ3) is 4.74. The summed E-state index contributed by atoms with van der Waals surface area (Å²) in [5, 5.41) is 8.90. The zero-order chi connectivity index (χ0) is 15.4. The molecule has 130 valence electrons. The first-order valence-corrected chi connectivity index (χ1v) is 7.16. The molecule has 0 saturated heterocycles. The number of rotatable bonds is 3. The summed E-state index contributed by atoms with van der Waals surface area (Å²) < 4.78 is 5.11. The lowest BCUT2D eigenvalue weighted by atomic mass is 10.0. The summed E-state index contributed by atoms with van der Waals surface area (Å²) in [6, 6.07) is 9.14. The molecule has 3 rings (SSSR count). The van der Waals surface area contributed by atoms with Crippen molar-refractivity contribution in [3.05, 3.63) is 47.7 Å². The number of amides is 2. The summed E-state index contributed by atoms with van der Waals surface area (Å²) in [5.41, 5.74) is 3.87. The number of carbonyl (C=O) groups is 1. The van der Waals surface area contributed by atoms with E-state index in [4.69, 9.17) is 4.74 Å². The summed E-state index contributed by atoms with van der Waals surface area (Å²) >= 11 is 0. The number of fused-ring (bicyclic) bond motifs is 1. The van der Waals surface area contributed by atoms with Crippen molar-refractivity contribution in [1.82, 2.24) is 10.3 Å². The highest BCUT2D eigenvalue weighted by Gasteiger charge is 2.11. The average Bonchev–Trinajstić information content (AvgIpc) is 2.55. The van der Waals surface area contributed by atoms with E-state index in [1.807, 2.05) is 18.2 Å². The Hall–Kier alpha value is -2.02. The third-order valence-corrected chi connectivity index (χ3v) is 3.56. The van der Waals surface area contributed by atoms with Crippen LogP contribution in [0.4, 0.5) is 16.2 Å². The van der Waals surface area contributed by atoms with Gasteiger partial charge in [0.1, 0.15) is 5.69 Å². The molecule has 24 heavy (non-hydrogen) atoms. The maximum Gasteiger partial charge on any atom is 0.323 e. The van der Waals surface area contributed by atoms with Gasteiger partial charge in [0.15, 0.2) is 0 Å². The van der Waals surface area contributed by atoms with Gasteiger partial charge in [0.05, 0.1) is 7.11 Å². The smallest absolute Gasteiger partial charge is 0.323 e. The van der Waals surface area contributed by atoms with Gasteiger partial charge in [0, 0.05) is 18.4 Å². The van der Waals surface area contributed by atoms with Gasteiger partial charge >= 0.3 is 6.03 Å². The topological polar surface area (TPSA) is 75.3 Å². The molecule has 0 unspecified atom stereocenters. The number of urea groups is 1. The largest absolute Gasteiger partial charge is 0.480 e. The van der Waals surface area contributed by atoms with E-state index in [0.29, 0.717) is 11.6 Å². The number of nitrogens with one attached hydrogen (secondary N) is 3. The fraction of sp³-hybridized carbons (Fsp3) is 0.250. The first-order chi connectivity index (χ1) is 10.8. The number of pyridine rings is 1. The van der Waals surface area contributed by atoms with Gasteiger partial charge in [0.2, 0.25) is 5.88 Å². The zero-order valence-corrected chi connectivity index (χ0v) is 14.8. The summed E-state index contributed by atoms with van der Waals surface area (Å²) in [7, 11) is 1.52. The Morgan fingerprint density at radius 3 is 2.83 bits per heavy atom. The number of nitrogens with zero attached hydrogens (tertiary/aromatic N) is 1. The zero-order valence-electron chi connectivity index (χ0n) is 13.2. The van der Waals surface area contributed by atoms with Crippen LogP contribution in [0.2, 0.25) is 0 Å². The van der Waals surface area contributed by atoms with Crippen LogP contribution in [-0.2, 0) is 13.0 Å². The van der Waals surface area contributed by atoms with Gasteiger partial charge in [-0.05, 0) is 48.4 Å². The van der Waals surface area contributed by atoms with Crippen molar-refractivity contribution in [3.8, 4) is 5.88 Å². The Morgan fingerprint density at radius 1 is 1.21 bits per heavy atom. The normalized spacial score (nSPS) is 12.0. The van der Waals surface area contributed by atoms with Crippen molar-refractivity contribution in [2.75, 3.05) is 24.3 Å². The molecule has 2 heterocycles. The molecule has 0 atom stereocenters. The number of ether oxygens (including phenoxy) is 1. The molecule has 0 fully saturated rings. The molecular formula is C16H20Cl2N4O2. The third-order valence-electron chi connectivity index (χ3n) is 3.56. The van der Waals surface area contributed by atoms with Crippen molar-refractivity contribution >= 4 is 42.2 Å². The van der Waals surface area contributed by atoms with E-state index in [-0.39, 0.29) is 30.8 Å². The summed E-state index contributed by atoms with van der Waals surface area (Å²) in [6.45, 7) is 1.85. The van der Waals surface area contributed by atoms with E-state index in [2.05, 4.69) is 20.9 Å². The lowest BCUT2D eigenvalue weighted by Crippen LogP contribution is -2.24. The van der Waals surface area contributed by atoms with Gasteiger partial charge in [-0.3, -0.25) is 0 Å². The van der Waals surface area contributed by atoms with Crippen molar-refractivity contribution in [2.24, 2.45) is 0 Å². The molecule has 0 aliphatic carbocycles. The van der Waals surface area contributed by atoms with E-state index in [1.165, 1.54) is 18.2 Å². The Morgan fingerprint density at radius 2 is 2.04 bits per heavy atom. The van der Waals surface area contributed by atoms with Gasteiger partial charge in [-0.15, -0.1) is 24.8 Å². The summed E-state index contributed by atoms with van der Waals surface area (Å²) in [5.74, 6) is 0.383. The van der Waals surface area contributed by atoms with Gasteiger partial charge in [-0.25, -0.2) is 9.78 Å². The maximum absolute atomic E-state index is 12.1. The molecule has 0 saturated carbocycles. The molecule has 1 aromatic heterocycles. The van der Waals surface area contributed by atoms with E-state index < -0.39 is 0 Å². The quantitative estimate of drug-likeness (QED) is 0.775. The Kier molecular flexibility index (Phi) is 7.78. The van der Waals surface area contributed by atoms with Crippen LogP contribution in [0.15, 0.2) is 36.5 Å². The first kappa shape index (κ1) is 20.0. The lowest BCUT2D eigenvalue weighted by molar-refractivity contribution is 0.262. The molecule has 1 aliphatic rings. The number of hydrogen-bond donors (Lipinski definition) is 3. The van der Waals surface area contributed by atoms with Crippen LogP contribution in [0.5, 0.6) is 5.88 Å². The molecular weight excluding hydrogens is 351 g/mol. The minimum Gasteiger partial charge on any atom is -0.480 e. The Balaban J connectivity index is 0.00000144. The Bertz CT molecular complexity index is 698. The second-order valence-electron chi connectivity index (χ2n) is 5.05. The average molecular weight is 371 g/mol. The van der Waals surface area contributed by atoms with E-state index >= 15 is 0 Å². The fourth-order valence-corrected chi connectivity index (χ4v) is 2.49. The molecule has 1 aromatic carbocycles. The standard InChI is InChI=1S/C16H18N4O2.2ClH/c1-22-15-14(3-2-7-18-15)20-16(21)19-13-5-4-12-10-17-8-6-11(12)9-13;;/h2-5,7,9,17H,6,8,10H2,1H3,(H2,19,20,21);2*1H. The Labute approximate surface area is 153 Å². The highest BCUT2D eigenvalue weighted by Crippen LogP contribution is 2.21. The van der Waals surface area contributed by atoms with Crippen molar-refractivity contribution < 1.29 is 9.53 Å². The molecule has 1 aliphatic heterocycles. The van der Waals surface area contributed by atoms with Crippen molar-refractivity contribution in [1.29, 1.82) is 0 Å². The number of hydrogen-bond acceptors (Lipinski definition) is 4. The fourth-order valence-electron chi connectivity index (χ4n) is 2.49. The molecule has 0 radical (unpaired) electrons. The van der Waals surface area contributed by atoms with Crippen LogP contribution in [0, 0.1) is 0 Å². The number of carbonyl (C=O) groups excluding carboxylic acids is 1. The van der Waals surface area contributed by atoms with E-state index in [1.54, 1.807) is 18.3 Å². The van der Waals surface area contributed by atoms with Crippen molar-refractivity contribution in [2.45, 2.75) is 13.0 Å². The van der Waals surface area contributed by atoms with Gasteiger partial charge in [-0.2, -0.15) is 0 Å². The molecule has 3 N–H and O–H groups in total. The molecule has 2 aromatic rings. The second kappa shape index (κ2) is 9.32. The minimum atomic E-state index is -0.319.